The quantitative estimate of drug-likeness (QED) is 0.727. The topological polar surface area (TPSA) is 37.3 Å². The molecule has 0 radical (unpaired) electrons. The Morgan fingerprint density at radius 2 is 2.09 bits per heavy atom. The number of hydrogen-bond donors (Lipinski definition) is 1. The van der Waals surface area contributed by atoms with Crippen molar-refractivity contribution in [2.24, 2.45) is 11.8 Å². The molecule has 0 aromatic carbocycles. The molecule has 1 N–H and O–H groups in total. The fraction of sp³-hybridized carbons (Fsp3) is 0.875. The Morgan fingerprint density at radius 1 is 1.55 bits per heavy atom. The number of rotatable bonds is 5. The molecule has 0 bridgehead atoms. The third-order valence-electron chi connectivity index (χ3n) is 1.49. The molecule has 0 aromatic heterocycles. The van der Waals surface area contributed by atoms with E-state index < -0.39 is 5.97 Å². The molecule has 0 heterocycles. The van der Waals surface area contributed by atoms with Gasteiger partial charge in [-0.1, -0.05) is 29.8 Å². The van der Waals surface area contributed by atoms with Crippen molar-refractivity contribution < 1.29 is 9.90 Å². The Balaban J connectivity index is 3.66. The smallest absolute Gasteiger partial charge is 0.303 e. The van der Waals surface area contributed by atoms with Gasteiger partial charge in [0.25, 0.3) is 0 Å². The predicted octanol–water partition coefficient (Wildman–Crippen LogP) is 2.52. The summed E-state index contributed by atoms with van der Waals surface area (Å²) in [5, 5.41) is 9.30. The molecule has 0 fully saturated rings. The molecular formula is C8H15BrO2. The molecule has 1 atom stereocenters. The van der Waals surface area contributed by atoms with E-state index in [0.29, 0.717) is 5.92 Å². The van der Waals surface area contributed by atoms with Gasteiger partial charge in [-0.3, -0.25) is 4.79 Å². The Kier molecular flexibility index (Phi) is 5.56. The van der Waals surface area contributed by atoms with Crippen LogP contribution in [0.5, 0.6) is 0 Å². The lowest BCUT2D eigenvalue weighted by Gasteiger charge is -2.13. The number of aliphatic carboxylic acids is 1. The molecule has 0 spiro atoms. The predicted molar refractivity (Wildman–Crippen MR) is 49.0 cm³/mol. The van der Waals surface area contributed by atoms with Crippen molar-refractivity contribution in [3.8, 4) is 0 Å². The van der Waals surface area contributed by atoms with Gasteiger partial charge in [-0.15, -0.1) is 0 Å². The van der Waals surface area contributed by atoms with Crippen LogP contribution in [-0.4, -0.2) is 16.4 Å². The molecule has 0 aliphatic carbocycles. The van der Waals surface area contributed by atoms with Crippen molar-refractivity contribution in [1.82, 2.24) is 0 Å². The Hall–Kier alpha value is -0.0500. The number of halogens is 1. The van der Waals surface area contributed by atoms with Gasteiger partial charge in [0.1, 0.15) is 0 Å². The van der Waals surface area contributed by atoms with Gasteiger partial charge in [0.15, 0.2) is 0 Å². The van der Waals surface area contributed by atoms with E-state index in [1.165, 1.54) is 0 Å². The zero-order valence-electron chi connectivity index (χ0n) is 7.01. The van der Waals surface area contributed by atoms with Gasteiger partial charge >= 0.3 is 5.97 Å². The second-order valence-corrected chi connectivity index (χ2v) is 3.90. The molecule has 2 nitrogen and oxygen atoms in total. The van der Waals surface area contributed by atoms with Crippen molar-refractivity contribution in [2.75, 3.05) is 5.33 Å². The summed E-state index contributed by atoms with van der Waals surface area (Å²) < 4.78 is 0. The van der Waals surface area contributed by atoms with Gasteiger partial charge < -0.3 is 5.11 Å². The Labute approximate surface area is 76.1 Å². The molecule has 0 aliphatic heterocycles. The lowest BCUT2D eigenvalue weighted by molar-refractivity contribution is -0.138. The van der Waals surface area contributed by atoms with Crippen LogP contribution < -0.4 is 0 Å². The van der Waals surface area contributed by atoms with Crippen LogP contribution in [0.3, 0.4) is 0 Å². The van der Waals surface area contributed by atoms with E-state index in [-0.39, 0.29) is 12.3 Å². The Morgan fingerprint density at radius 3 is 2.36 bits per heavy atom. The van der Waals surface area contributed by atoms with Gasteiger partial charge in [-0.25, -0.2) is 0 Å². The van der Waals surface area contributed by atoms with Crippen molar-refractivity contribution in [2.45, 2.75) is 26.7 Å². The van der Waals surface area contributed by atoms with Crippen LogP contribution in [0.15, 0.2) is 0 Å². The molecule has 0 amide bonds. The van der Waals surface area contributed by atoms with Crippen LogP contribution in [0.1, 0.15) is 26.7 Å². The molecule has 0 saturated carbocycles. The van der Waals surface area contributed by atoms with E-state index in [2.05, 4.69) is 29.8 Å². The molecule has 0 saturated heterocycles. The summed E-state index contributed by atoms with van der Waals surface area (Å²) in [6.07, 6.45) is 1.26. The number of hydrogen-bond acceptors (Lipinski definition) is 1. The van der Waals surface area contributed by atoms with Crippen LogP contribution in [0.4, 0.5) is 0 Å². The number of alkyl halides is 1. The molecular weight excluding hydrogens is 208 g/mol. The van der Waals surface area contributed by atoms with Crippen LogP contribution in [0, 0.1) is 11.8 Å². The summed E-state index contributed by atoms with van der Waals surface area (Å²) in [5.74, 6) is 0.166. The third-order valence-corrected chi connectivity index (χ3v) is 2.40. The normalized spacial score (nSPS) is 13.5. The summed E-state index contributed by atoms with van der Waals surface area (Å²) in [7, 11) is 0. The van der Waals surface area contributed by atoms with Crippen LogP contribution in [-0.2, 0) is 4.79 Å². The maximum absolute atomic E-state index is 10.3. The fourth-order valence-electron chi connectivity index (χ4n) is 1.11. The monoisotopic (exact) mass is 222 g/mol. The standard InChI is InChI=1S/C8H15BrO2/c1-6(2)3-7(5-9)4-8(10)11/h6-7H,3-5H2,1-2H3,(H,10,11). The van der Waals surface area contributed by atoms with Crippen molar-refractivity contribution in [1.29, 1.82) is 0 Å². The summed E-state index contributed by atoms with van der Waals surface area (Å²) in [5.41, 5.74) is 0. The largest absolute Gasteiger partial charge is 0.481 e. The second-order valence-electron chi connectivity index (χ2n) is 3.25. The summed E-state index contributed by atoms with van der Waals surface area (Å²) in [4.78, 5) is 10.3. The SMILES string of the molecule is CC(C)CC(CBr)CC(=O)O. The van der Waals surface area contributed by atoms with Gasteiger partial charge in [-0.05, 0) is 18.3 Å². The van der Waals surface area contributed by atoms with Crippen molar-refractivity contribution >= 4 is 21.9 Å². The van der Waals surface area contributed by atoms with E-state index in [1.807, 2.05) is 0 Å². The van der Waals surface area contributed by atoms with Crippen LogP contribution in [0.25, 0.3) is 0 Å². The number of carboxylic acids is 1. The van der Waals surface area contributed by atoms with Crippen molar-refractivity contribution in [3.63, 3.8) is 0 Å². The first kappa shape index (κ1) is 11.0. The maximum Gasteiger partial charge on any atom is 0.303 e. The molecule has 0 aromatic rings. The minimum absolute atomic E-state index is 0.281. The highest BCUT2D eigenvalue weighted by Gasteiger charge is 2.12. The van der Waals surface area contributed by atoms with E-state index in [0.717, 1.165) is 11.8 Å². The molecule has 66 valence electrons. The second kappa shape index (κ2) is 5.58. The summed E-state index contributed by atoms with van der Waals surface area (Å²) in [6, 6.07) is 0. The first-order valence-corrected chi connectivity index (χ1v) is 4.96. The molecule has 0 rings (SSSR count). The third kappa shape index (κ3) is 6.35. The summed E-state index contributed by atoms with van der Waals surface area (Å²) >= 11 is 3.31. The highest BCUT2D eigenvalue weighted by atomic mass is 79.9. The minimum atomic E-state index is -0.699. The zero-order valence-corrected chi connectivity index (χ0v) is 8.60. The lowest BCUT2D eigenvalue weighted by atomic mass is 9.96. The van der Waals surface area contributed by atoms with Crippen LogP contribution >= 0.6 is 15.9 Å². The fourth-order valence-corrected chi connectivity index (χ4v) is 1.61. The number of carbonyl (C=O) groups is 1. The van der Waals surface area contributed by atoms with E-state index in [9.17, 15) is 4.79 Å². The number of carboxylic acid groups (broad SMARTS) is 1. The highest BCUT2D eigenvalue weighted by molar-refractivity contribution is 9.09. The van der Waals surface area contributed by atoms with Gasteiger partial charge in [-0.2, -0.15) is 0 Å². The average Bonchev–Trinajstić information content (AvgIpc) is 1.84. The van der Waals surface area contributed by atoms with Gasteiger partial charge in [0.05, 0.1) is 0 Å². The van der Waals surface area contributed by atoms with Gasteiger partial charge in [0.2, 0.25) is 0 Å². The first-order chi connectivity index (χ1) is 5.06. The molecule has 0 aliphatic rings. The minimum Gasteiger partial charge on any atom is -0.481 e. The zero-order chi connectivity index (χ0) is 8.85. The van der Waals surface area contributed by atoms with Gasteiger partial charge in [0, 0.05) is 11.8 Å². The van der Waals surface area contributed by atoms with E-state index in [4.69, 9.17) is 5.11 Å². The molecule has 1 unspecified atom stereocenters. The van der Waals surface area contributed by atoms with Crippen molar-refractivity contribution in [3.05, 3.63) is 0 Å². The van der Waals surface area contributed by atoms with Crippen LogP contribution in [0.2, 0.25) is 0 Å². The average molecular weight is 223 g/mol. The van der Waals surface area contributed by atoms with E-state index >= 15 is 0 Å². The summed E-state index contributed by atoms with van der Waals surface area (Å²) in [6.45, 7) is 4.22. The highest BCUT2D eigenvalue weighted by Crippen LogP contribution is 2.17. The van der Waals surface area contributed by atoms with E-state index in [1.54, 1.807) is 0 Å². The maximum atomic E-state index is 10.3. The Bertz CT molecular complexity index is 123. The first-order valence-electron chi connectivity index (χ1n) is 3.84. The molecule has 3 heteroatoms. The molecule has 11 heavy (non-hydrogen) atoms. The lowest BCUT2D eigenvalue weighted by Crippen LogP contribution is -2.11.